The molecule has 0 saturated carbocycles. The van der Waals surface area contributed by atoms with Crippen molar-refractivity contribution in [2.45, 2.75) is 149 Å². The molecule has 0 bridgehead atoms. The SMILES string of the molecule is [C-]#[N+]C[C@H]1CN(c2nc(OCC3CC(=O)N(C)C3)nc3c2CCN(c2cccc4cccc(C)c24)C3)CCN1C(=O)C(=C)F.[C-]#[N+]C[C@H]1CN(c2nc(OCC3CCN3C(C)(C)C)nc3c2CCN(c2cccc4cccc(C)c24)C3)CCN1C(=O)C(=C)F.[C-]#[N+]C[C@H]1CN(c2nc(OCCN3CCCCCC3)nc3c2CCN(c2cccc4cccc(C)c24)C3)CCN1C(=O)C(=C)F. The van der Waals surface area contributed by atoms with Crippen molar-refractivity contribution in [3.63, 3.8) is 0 Å². The third-order valence-corrected chi connectivity index (χ3v) is 27.7. The quantitative estimate of drug-likeness (QED) is 0.0454. The fourth-order valence-corrected chi connectivity index (χ4v) is 20.8. The molecule has 0 N–H and O–H groups in total. The van der Waals surface area contributed by atoms with Crippen molar-refractivity contribution in [2.24, 2.45) is 5.92 Å². The number of nitrogens with zero attached hydrogens (tertiary/aromatic N) is 21. The number of hydrogen-bond donors (Lipinski definition) is 0. The van der Waals surface area contributed by atoms with E-state index in [-0.39, 0.29) is 62.6 Å². The molecule has 3 aromatic heterocycles. The number of aromatic nitrogens is 6. The Balaban J connectivity index is 0.000000146. The summed E-state index contributed by atoms with van der Waals surface area (Å²) in [5.74, 6) is -2.84. The van der Waals surface area contributed by atoms with Gasteiger partial charge in [-0.1, -0.05) is 124 Å². The van der Waals surface area contributed by atoms with Gasteiger partial charge in [0.2, 0.25) is 25.5 Å². The van der Waals surface area contributed by atoms with Crippen LogP contribution >= 0.6 is 0 Å². The average Bonchev–Trinajstić information content (AvgIpc) is 0.890. The summed E-state index contributed by atoms with van der Waals surface area (Å²) in [7, 11) is 1.79. The van der Waals surface area contributed by atoms with Crippen molar-refractivity contribution < 1.29 is 46.6 Å². The van der Waals surface area contributed by atoms with Crippen LogP contribution in [0.2, 0.25) is 0 Å². The number of carbonyl (C=O) groups is 4. The van der Waals surface area contributed by atoms with Crippen LogP contribution in [0.3, 0.4) is 0 Å². The first-order valence-electron chi connectivity index (χ1n) is 46.9. The van der Waals surface area contributed by atoms with Crippen LogP contribution in [0.25, 0.3) is 46.9 Å². The maximum absolute atomic E-state index is 13.9. The lowest BCUT2D eigenvalue weighted by molar-refractivity contribution is -0.131. The Bertz CT molecular complexity index is 6070. The van der Waals surface area contributed by atoms with Gasteiger partial charge in [-0.2, -0.15) is 29.9 Å². The van der Waals surface area contributed by atoms with Gasteiger partial charge in [0.1, 0.15) is 48.8 Å². The van der Waals surface area contributed by atoms with E-state index in [0.717, 1.165) is 122 Å². The highest BCUT2D eigenvalue weighted by Crippen LogP contribution is 2.42. The van der Waals surface area contributed by atoms with Crippen LogP contribution in [0.4, 0.5) is 47.7 Å². The fourth-order valence-electron chi connectivity index (χ4n) is 20.8. The van der Waals surface area contributed by atoms with E-state index in [1.165, 1.54) is 101 Å². The topological polar surface area (TPSA) is 225 Å². The van der Waals surface area contributed by atoms with E-state index in [2.05, 4.69) is 224 Å². The maximum atomic E-state index is 13.9. The molecule has 9 aliphatic heterocycles. The van der Waals surface area contributed by atoms with E-state index in [0.29, 0.717) is 116 Å². The molecule has 28 nitrogen and oxygen atoms in total. The zero-order valence-corrected chi connectivity index (χ0v) is 78.0. The minimum absolute atomic E-state index is 0.0452. The molecule has 0 spiro atoms. The van der Waals surface area contributed by atoms with Crippen LogP contribution in [0.15, 0.2) is 146 Å². The predicted octanol–water partition coefficient (Wildman–Crippen LogP) is 14.1. The van der Waals surface area contributed by atoms with Crippen molar-refractivity contribution in [1.82, 2.24) is 59.3 Å². The maximum Gasteiger partial charge on any atom is 0.318 e. The van der Waals surface area contributed by atoms with Gasteiger partial charge in [-0.3, -0.25) is 29.0 Å². The number of ether oxygens (including phenoxy) is 3. The van der Waals surface area contributed by atoms with Gasteiger partial charge >= 0.3 is 18.0 Å². The van der Waals surface area contributed by atoms with E-state index < -0.39 is 53.3 Å². The molecule has 9 aromatic rings. The van der Waals surface area contributed by atoms with Crippen molar-refractivity contribution in [3.8, 4) is 18.0 Å². The first-order chi connectivity index (χ1) is 64.7. The first-order valence-corrected chi connectivity index (χ1v) is 46.9. The zero-order chi connectivity index (χ0) is 94.2. The molecule has 134 heavy (non-hydrogen) atoms. The molecule has 0 radical (unpaired) electrons. The highest BCUT2D eigenvalue weighted by atomic mass is 19.1. The normalized spacial score (nSPS) is 19.9. The summed E-state index contributed by atoms with van der Waals surface area (Å²) in [6.45, 7) is 58.7. The van der Waals surface area contributed by atoms with E-state index in [4.69, 9.17) is 63.8 Å². The van der Waals surface area contributed by atoms with Gasteiger partial charge in [-0.05, 0) is 144 Å². The number of hydrogen-bond acceptors (Lipinski definition) is 21. The standard InChI is InChI=1S/2C35H42FN7O2.C33H36FN7O3/c1-23-9-7-10-25-11-8-12-30(31(23)25)40-15-14-28-29(21-40)38-34(45-22-26-13-16-43(26)35(3,4)5)39-32(28)41-17-18-42(33(44)24(2)36)27(20-41)19-37-6;1-25-10-8-11-27-12-9-13-31(32(25)27)41-17-14-29-30(24-41)38-35(45-21-20-40-15-6-4-5-7-16-40)39-33(29)42-18-19-43(34(44)26(2)36)28(23-42)22-37-3;1-21-7-5-8-24-9-6-10-28(30(21)24)39-12-11-26-27(19-39)36-33(44-20-23-15-29(42)38(4)17-23)37-31(26)40-13-14-41(32(43)22(2)34)25(18-40)16-35-3/h7-12,26-27H,2,13-22H2,1,3-5H3;8-13,28H,2,4-7,14-24H2,1H3;5-10,23,25H,2,11-20H2,1,4H3/t26?,27-;28-;23?,25-/m000/s1. The van der Waals surface area contributed by atoms with Crippen LogP contribution < -0.4 is 43.6 Å². The molecule has 6 fully saturated rings. The summed E-state index contributed by atoms with van der Waals surface area (Å²) in [5.41, 5.74) is 13.1. The van der Waals surface area contributed by atoms with Gasteiger partial charge in [-0.25, -0.2) is 32.9 Å². The zero-order valence-electron chi connectivity index (χ0n) is 78.0. The van der Waals surface area contributed by atoms with Crippen molar-refractivity contribution >= 4 is 90.5 Å². The lowest BCUT2D eigenvalue weighted by Crippen LogP contribution is -2.59. The van der Waals surface area contributed by atoms with Crippen LogP contribution in [0.5, 0.6) is 18.0 Å². The molecule has 700 valence electrons. The summed E-state index contributed by atoms with van der Waals surface area (Å²) in [6.07, 6.45) is 8.69. The van der Waals surface area contributed by atoms with E-state index >= 15 is 0 Å². The Labute approximate surface area is 783 Å². The van der Waals surface area contributed by atoms with Gasteiger partial charge in [0.15, 0.2) is 17.5 Å². The van der Waals surface area contributed by atoms with E-state index in [1.54, 1.807) is 11.9 Å². The second-order valence-corrected chi connectivity index (χ2v) is 37.5. The lowest BCUT2D eigenvalue weighted by atomic mass is 9.94. The summed E-state index contributed by atoms with van der Waals surface area (Å²) >= 11 is 0. The van der Waals surface area contributed by atoms with E-state index in [9.17, 15) is 32.3 Å². The Morgan fingerprint density at radius 1 is 0.440 bits per heavy atom. The summed E-state index contributed by atoms with van der Waals surface area (Å²) in [4.78, 5) is 114. The molecule has 31 heteroatoms. The van der Waals surface area contributed by atoms with Crippen LogP contribution in [-0.4, -0.2) is 270 Å². The van der Waals surface area contributed by atoms with Crippen LogP contribution in [0.1, 0.15) is 110 Å². The number of piperazine rings is 3. The molecule has 6 aromatic carbocycles. The number of aryl methyl sites for hydroxylation is 3. The molecule has 5 atom stereocenters. The van der Waals surface area contributed by atoms with Gasteiger partial charge in [0.05, 0.1) is 43.3 Å². The number of fused-ring (bicyclic) bond motifs is 6. The Hall–Kier alpha value is -13.2. The molecule has 9 aliphatic rings. The van der Waals surface area contributed by atoms with E-state index in [1.807, 2.05) is 0 Å². The Morgan fingerprint density at radius 2 is 0.799 bits per heavy atom. The van der Waals surface area contributed by atoms with Crippen molar-refractivity contribution in [3.05, 3.63) is 231 Å². The Morgan fingerprint density at radius 3 is 1.13 bits per heavy atom. The molecular formula is C103H120F3N21O7. The number of likely N-dealkylation sites (tertiary alicyclic amines) is 3. The van der Waals surface area contributed by atoms with Gasteiger partial charge < -0.3 is 77.7 Å². The lowest BCUT2D eigenvalue weighted by Gasteiger charge is -2.49. The van der Waals surface area contributed by atoms with Crippen LogP contribution in [-0.2, 0) is 58.1 Å². The minimum Gasteiger partial charge on any atom is -0.463 e. The second-order valence-electron chi connectivity index (χ2n) is 37.5. The third kappa shape index (κ3) is 20.8. The number of carbonyl (C=O) groups excluding carboxylic acids is 4. The highest BCUT2D eigenvalue weighted by molar-refractivity contribution is 6.00. The average molecular weight is 1820 g/mol. The minimum atomic E-state index is -1.02. The molecule has 12 heterocycles. The Kier molecular flexibility index (Phi) is 29.1. The van der Waals surface area contributed by atoms with Gasteiger partial charge in [0.25, 0.3) is 17.7 Å². The summed E-state index contributed by atoms with van der Waals surface area (Å²) in [6, 6.07) is 38.2. The number of amides is 4. The van der Waals surface area contributed by atoms with Crippen LogP contribution in [0, 0.1) is 46.4 Å². The third-order valence-electron chi connectivity index (χ3n) is 27.7. The largest absolute Gasteiger partial charge is 0.463 e. The molecule has 2 unspecified atom stereocenters. The first kappa shape index (κ1) is 94.0. The van der Waals surface area contributed by atoms with Gasteiger partial charge in [0, 0.05) is 179 Å². The molecule has 18 rings (SSSR count). The molecular weight excluding hydrogens is 1700 g/mol. The predicted molar refractivity (Wildman–Crippen MR) is 517 cm³/mol. The summed E-state index contributed by atoms with van der Waals surface area (Å²) in [5, 5.41) is 7.34. The second kappa shape index (κ2) is 41.5. The van der Waals surface area contributed by atoms with Crippen molar-refractivity contribution in [1.29, 1.82) is 0 Å². The summed E-state index contributed by atoms with van der Waals surface area (Å²) < 4.78 is 60.3. The highest BCUT2D eigenvalue weighted by Gasteiger charge is 2.43. The monoisotopic (exact) mass is 1820 g/mol. The molecule has 0 aliphatic carbocycles. The molecule has 6 saturated heterocycles. The number of benzene rings is 6. The van der Waals surface area contributed by atoms with Gasteiger partial charge in [-0.15, -0.1) is 0 Å². The molecule has 4 amide bonds. The number of rotatable bonds is 22. The smallest absolute Gasteiger partial charge is 0.318 e. The van der Waals surface area contributed by atoms with Crippen molar-refractivity contribution in [2.75, 3.05) is 187 Å². The fraction of sp³-hybridized carbons (Fsp3) is 0.466. The number of anilines is 6. The number of halogens is 3.